The number of hydrogen-bond donors (Lipinski definition) is 1. The van der Waals surface area contributed by atoms with E-state index in [0.29, 0.717) is 10.0 Å². The molecule has 6 heteroatoms. The molecule has 3 nitrogen and oxygen atoms in total. The molecule has 0 bridgehead atoms. The van der Waals surface area contributed by atoms with Gasteiger partial charge in [0.15, 0.2) is 0 Å². The maximum absolute atomic E-state index is 6.02. The number of nitrogens with one attached hydrogen (secondary N) is 1. The molecule has 0 aliphatic carbocycles. The summed E-state index contributed by atoms with van der Waals surface area (Å²) in [6.07, 6.45) is 1.76. The highest BCUT2D eigenvalue weighted by Gasteiger charge is 2.07. The molecule has 0 saturated carbocycles. The van der Waals surface area contributed by atoms with E-state index in [1.807, 2.05) is 36.4 Å². The van der Waals surface area contributed by atoms with Crippen LogP contribution in [0.5, 0.6) is 5.75 Å². The van der Waals surface area contributed by atoms with E-state index in [1.165, 1.54) is 11.9 Å². The largest absolute Gasteiger partial charge is 0.497 e. The van der Waals surface area contributed by atoms with Gasteiger partial charge in [-0.15, -0.1) is 0 Å². The van der Waals surface area contributed by atoms with Crippen LogP contribution in [0.15, 0.2) is 53.6 Å². The van der Waals surface area contributed by atoms with E-state index in [2.05, 4.69) is 9.71 Å². The molecule has 1 aromatic heterocycles. The normalized spacial score (nSPS) is 10.7. The van der Waals surface area contributed by atoms with Gasteiger partial charge in [-0.25, -0.2) is 0 Å². The van der Waals surface area contributed by atoms with Crippen LogP contribution in [0.3, 0.4) is 0 Å². The molecule has 0 saturated heterocycles. The Bertz CT molecular complexity index is 806. The third kappa shape index (κ3) is 3.40. The summed E-state index contributed by atoms with van der Waals surface area (Å²) >= 11 is 13.5. The summed E-state index contributed by atoms with van der Waals surface area (Å²) in [4.78, 5) is 5.34. The van der Waals surface area contributed by atoms with Gasteiger partial charge in [0.2, 0.25) is 0 Å². The molecule has 22 heavy (non-hydrogen) atoms. The van der Waals surface area contributed by atoms with Gasteiger partial charge in [0.25, 0.3) is 0 Å². The number of benzene rings is 2. The maximum Gasteiger partial charge on any atom is 0.121 e. The second-order valence-electron chi connectivity index (χ2n) is 4.56. The lowest BCUT2D eigenvalue weighted by Crippen LogP contribution is -1.92. The van der Waals surface area contributed by atoms with Crippen molar-refractivity contribution in [1.29, 1.82) is 0 Å². The minimum Gasteiger partial charge on any atom is -0.497 e. The lowest BCUT2D eigenvalue weighted by molar-refractivity contribution is 0.415. The van der Waals surface area contributed by atoms with Crippen LogP contribution in [-0.4, -0.2) is 12.1 Å². The minimum absolute atomic E-state index is 0.602. The predicted molar refractivity (Wildman–Crippen MR) is 94.2 cm³/mol. The Morgan fingerprint density at radius 3 is 2.59 bits per heavy atom. The lowest BCUT2D eigenvalue weighted by Gasteiger charge is -2.11. The van der Waals surface area contributed by atoms with Gasteiger partial charge in [-0.05, 0) is 42.3 Å². The Morgan fingerprint density at radius 1 is 1.09 bits per heavy atom. The van der Waals surface area contributed by atoms with Gasteiger partial charge < -0.3 is 9.46 Å². The first-order valence-corrected chi connectivity index (χ1v) is 8.04. The standard InChI is InChI=1S/C16H12Cl2N2OS/c1-21-13-5-10-3-2-4-19-16(10)15(9-13)20-22-14-7-11(17)6-12(18)8-14/h2-9,20H,1H3. The van der Waals surface area contributed by atoms with Crippen LogP contribution in [0, 0.1) is 0 Å². The van der Waals surface area contributed by atoms with Crippen molar-refractivity contribution >= 4 is 51.7 Å². The smallest absolute Gasteiger partial charge is 0.121 e. The molecule has 0 fully saturated rings. The number of aromatic nitrogens is 1. The Kier molecular flexibility index (Phi) is 4.62. The zero-order valence-electron chi connectivity index (χ0n) is 11.6. The number of hydrogen-bond acceptors (Lipinski definition) is 4. The van der Waals surface area contributed by atoms with Gasteiger partial charge in [-0.1, -0.05) is 29.3 Å². The Morgan fingerprint density at radius 2 is 1.86 bits per heavy atom. The molecule has 112 valence electrons. The first-order chi connectivity index (χ1) is 10.7. The van der Waals surface area contributed by atoms with E-state index >= 15 is 0 Å². The van der Waals surface area contributed by atoms with Gasteiger partial charge >= 0.3 is 0 Å². The fourth-order valence-electron chi connectivity index (χ4n) is 2.06. The zero-order valence-corrected chi connectivity index (χ0v) is 14.0. The van der Waals surface area contributed by atoms with Crippen LogP contribution in [0.25, 0.3) is 10.9 Å². The van der Waals surface area contributed by atoms with Gasteiger partial charge in [0, 0.05) is 32.6 Å². The summed E-state index contributed by atoms with van der Waals surface area (Å²) in [5.74, 6) is 0.771. The molecule has 3 rings (SSSR count). The van der Waals surface area contributed by atoms with Crippen LogP contribution in [0.2, 0.25) is 10.0 Å². The highest BCUT2D eigenvalue weighted by Crippen LogP contribution is 2.32. The van der Waals surface area contributed by atoms with Gasteiger partial charge in [0.1, 0.15) is 5.75 Å². The van der Waals surface area contributed by atoms with E-state index in [-0.39, 0.29) is 0 Å². The highest BCUT2D eigenvalue weighted by atomic mass is 35.5. The second-order valence-corrected chi connectivity index (χ2v) is 6.31. The maximum atomic E-state index is 6.02. The molecule has 0 atom stereocenters. The summed E-state index contributed by atoms with van der Waals surface area (Å²) in [7, 11) is 1.64. The van der Waals surface area contributed by atoms with Gasteiger partial charge in [-0.2, -0.15) is 0 Å². The van der Waals surface area contributed by atoms with Gasteiger partial charge in [0.05, 0.1) is 18.3 Å². The molecule has 0 spiro atoms. The van der Waals surface area contributed by atoms with E-state index < -0.39 is 0 Å². The summed E-state index contributed by atoms with van der Waals surface area (Å²) in [6.45, 7) is 0. The monoisotopic (exact) mass is 350 g/mol. The number of nitrogens with zero attached hydrogens (tertiary/aromatic N) is 1. The quantitative estimate of drug-likeness (QED) is 0.614. The van der Waals surface area contributed by atoms with Crippen LogP contribution in [-0.2, 0) is 0 Å². The van der Waals surface area contributed by atoms with E-state index in [1.54, 1.807) is 19.4 Å². The molecule has 0 aliphatic rings. The zero-order chi connectivity index (χ0) is 15.5. The van der Waals surface area contributed by atoms with Crippen LogP contribution in [0.1, 0.15) is 0 Å². The predicted octanol–water partition coefficient (Wildman–Crippen LogP) is 5.67. The summed E-state index contributed by atoms with van der Waals surface area (Å²) in [6, 6.07) is 13.2. The fourth-order valence-corrected chi connectivity index (χ4v) is 3.47. The number of rotatable bonds is 4. The molecule has 0 aliphatic heterocycles. The third-order valence-corrected chi connectivity index (χ3v) is 4.26. The molecule has 1 heterocycles. The van der Waals surface area contributed by atoms with Crippen molar-refractivity contribution in [3.05, 3.63) is 58.7 Å². The van der Waals surface area contributed by atoms with Crippen LogP contribution in [0.4, 0.5) is 5.69 Å². The van der Waals surface area contributed by atoms with E-state index in [9.17, 15) is 0 Å². The molecule has 0 unspecified atom stereocenters. The second kappa shape index (κ2) is 6.65. The van der Waals surface area contributed by atoms with E-state index in [0.717, 1.165) is 27.2 Å². The van der Waals surface area contributed by atoms with Gasteiger partial charge in [-0.3, -0.25) is 4.98 Å². The first-order valence-electron chi connectivity index (χ1n) is 6.47. The third-order valence-electron chi connectivity index (χ3n) is 3.03. The van der Waals surface area contributed by atoms with Crippen molar-refractivity contribution in [1.82, 2.24) is 4.98 Å². The van der Waals surface area contributed by atoms with Crippen molar-refractivity contribution in [2.45, 2.75) is 4.90 Å². The summed E-state index contributed by atoms with van der Waals surface area (Å²) in [5.41, 5.74) is 1.75. The lowest BCUT2D eigenvalue weighted by atomic mass is 10.2. The van der Waals surface area contributed by atoms with Crippen LogP contribution >= 0.6 is 35.1 Å². The number of halogens is 2. The number of ether oxygens (including phenoxy) is 1. The van der Waals surface area contributed by atoms with E-state index in [4.69, 9.17) is 27.9 Å². The topological polar surface area (TPSA) is 34.1 Å². The average Bonchev–Trinajstić information content (AvgIpc) is 2.51. The molecular formula is C16H12Cl2N2OS. The summed E-state index contributed by atoms with van der Waals surface area (Å²) < 4.78 is 8.62. The summed E-state index contributed by atoms with van der Waals surface area (Å²) in [5, 5.41) is 2.21. The molecule has 3 aromatic rings. The fraction of sp³-hybridized carbons (Fsp3) is 0.0625. The molecular weight excluding hydrogens is 339 g/mol. The SMILES string of the molecule is COc1cc(NSc2cc(Cl)cc(Cl)c2)c2ncccc2c1. The number of fused-ring (bicyclic) bond motifs is 1. The van der Waals surface area contributed by atoms with Crippen molar-refractivity contribution in [2.24, 2.45) is 0 Å². The molecule has 0 amide bonds. The number of pyridine rings is 1. The minimum atomic E-state index is 0.602. The van der Waals surface area contributed by atoms with Crippen LogP contribution < -0.4 is 9.46 Å². The highest BCUT2D eigenvalue weighted by molar-refractivity contribution is 8.00. The van der Waals surface area contributed by atoms with Crippen molar-refractivity contribution in [2.75, 3.05) is 11.8 Å². The first kappa shape index (κ1) is 15.3. The van der Waals surface area contributed by atoms with Crippen molar-refractivity contribution in [3.8, 4) is 5.75 Å². The molecule has 2 aromatic carbocycles. The Hall–Kier alpha value is -1.62. The number of anilines is 1. The van der Waals surface area contributed by atoms with Crippen molar-refractivity contribution in [3.63, 3.8) is 0 Å². The molecule has 1 N–H and O–H groups in total. The Balaban J connectivity index is 1.92. The molecule has 0 radical (unpaired) electrons. The van der Waals surface area contributed by atoms with Crippen molar-refractivity contribution < 1.29 is 4.74 Å². The average molecular weight is 351 g/mol. The Labute approximate surface area is 142 Å². The number of methoxy groups -OCH3 is 1.